The molecule has 0 radical (unpaired) electrons. The van der Waals surface area contributed by atoms with Gasteiger partial charge in [0.25, 0.3) is 0 Å². The van der Waals surface area contributed by atoms with Crippen molar-refractivity contribution in [1.82, 2.24) is 0 Å². The van der Waals surface area contributed by atoms with Crippen LogP contribution < -0.4 is 4.74 Å². The van der Waals surface area contributed by atoms with Crippen LogP contribution in [0.3, 0.4) is 0 Å². The number of Topliss-reactive ketones (excluding diaryl/α,β-unsaturated/α-hetero) is 1. The molecule has 0 N–H and O–H groups in total. The van der Waals surface area contributed by atoms with Gasteiger partial charge in [0.2, 0.25) is 0 Å². The normalized spacial score (nSPS) is 13.8. The van der Waals surface area contributed by atoms with Crippen molar-refractivity contribution in [1.29, 1.82) is 0 Å². The summed E-state index contributed by atoms with van der Waals surface area (Å²) in [5.74, 6) is 1.07. The third kappa shape index (κ3) is 3.24. The van der Waals surface area contributed by atoms with Gasteiger partial charge in [-0.25, -0.2) is 0 Å². The Balaban J connectivity index is 1.70. The van der Waals surface area contributed by atoms with Crippen molar-refractivity contribution in [2.24, 2.45) is 0 Å². The van der Waals surface area contributed by atoms with Crippen molar-refractivity contribution in [2.75, 3.05) is 7.11 Å². The Bertz CT molecular complexity index is 669. The molecule has 1 aliphatic rings. The molecule has 0 amide bonds. The lowest BCUT2D eigenvalue weighted by Gasteiger charge is -2.16. The SMILES string of the molecule is COc1ccc2c(c1)CC(=O)C(CCCc1cccs1)=C2. The molecule has 0 atom stereocenters. The lowest BCUT2D eigenvalue weighted by atomic mass is 9.88. The van der Waals surface area contributed by atoms with Gasteiger partial charge in [0, 0.05) is 11.3 Å². The molecule has 0 spiro atoms. The van der Waals surface area contributed by atoms with Crippen LogP contribution in [0.15, 0.2) is 41.3 Å². The number of rotatable bonds is 5. The summed E-state index contributed by atoms with van der Waals surface area (Å²) in [6, 6.07) is 10.2. The highest BCUT2D eigenvalue weighted by molar-refractivity contribution is 7.09. The van der Waals surface area contributed by atoms with E-state index in [0.29, 0.717) is 6.42 Å². The van der Waals surface area contributed by atoms with Crippen LogP contribution in [0.5, 0.6) is 5.75 Å². The van der Waals surface area contributed by atoms with Gasteiger partial charge >= 0.3 is 0 Å². The number of benzene rings is 1. The van der Waals surface area contributed by atoms with Gasteiger partial charge in [-0.3, -0.25) is 4.79 Å². The summed E-state index contributed by atoms with van der Waals surface area (Å²) >= 11 is 1.78. The zero-order chi connectivity index (χ0) is 14.7. The highest BCUT2D eigenvalue weighted by Gasteiger charge is 2.18. The number of hydrogen-bond acceptors (Lipinski definition) is 3. The number of aryl methyl sites for hydroxylation is 1. The van der Waals surface area contributed by atoms with Gasteiger partial charge in [0.05, 0.1) is 7.11 Å². The van der Waals surface area contributed by atoms with E-state index in [-0.39, 0.29) is 5.78 Å². The number of allylic oxidation sites excluding steroid dienone is 1. The number of ether oxygens (including phenoxy) is 1. The number of fused-ring (bicyclic) bond motifs is 1. The van der Waals surface area contributed by atoms with Crippen molar-refractivity contribution >= 4 is 23.2 Å². The van der Waals surface area contributed by atoms with E-state index < -0.39 is 0 Å². The Kier molecular flexibility index (Phi) is 4.20. The molecule has 108 valence electrons. The van der Waals surface area contributed by atoms with Crippen LogP contribution in [0.1, 0.15) is 28.8 Å². The number of hydrogen-bond donors (Lipinski definition) is 0. The Morgan fingerprint density at radius 2 is 2.14 bits per heavy atom. The Morgan fingerprint density at radius 1 is 1.24 bits per heavy atom. The summed E-state index contributed by atoms with van der Waals surface area (Å²) in [5.41, 5.74) is 3.19. The summed E-state index contributed by atoms with van der Waals surface area (Å²) in [4.78, 5) is 13.6. The Labute approximate surface area is 129 Å². The van der Waals surface area contributed by atoms with Crippen LogP contribution in [0.25, 0.3) is 6.08 Å². The van der Waals surface area contributed by atoms with Crippen molar-refractivity contribution in [3.63, 3.8) is 0 Å². The number of ketones is 1. The fourth-order valence-corrected chi connectivity index (χ4v) is 3.43. The summed E-state index contributed by atoms with van der Waals surface area (Å²) in [6.07, 6.45) is 5.50. The third-order valence-corrected chi connectivity index (χ3v) is 4.77. The third-order valence-electron chi connectivity index (χ3n) is 3.84. The van der Waals surface area contributed by atoms with Gasteiger partial charge in [-0.1, -0.05) is 12.1 Å². The number of methoxy groups -OCH3 is 1. The maximum absolute atomic E-state index is 12.2. The first kappa shape index (κ1) is 14.1. The first-order chi connectivity index (χ1) is 10.3. The van der Waals surface area contributed by atoms with E-state index in [1.165, 1.54) is 4.88 Å². The molecule has 0 aliphatic heterocycles. The molecule has 2 aromatic rings. The fraction of sp³-hybridized carbons (Fsp3) is 0.278. The van der Waals surface area contributed by atoms with Gasteiger partial charge in [-0.05, 0) is 65.6 Å². The molecule has 0 unspecified atom stereocenters. The van der Waals surface area contributed by atoms with Crippen LogP contribution >= 0.6 is 11.3 Å². The minimum absolute atomic E-state index is 0.252. The molecule has 0 saturated carbocycles. The highest BCUT2D eigenvalue weighted by Crippen LogP contribution is 2.28. The minimum atomic E-state index is 0.252. The topological polar surface area (TPSA) is 26.3 Å². The van der Waals surface area contributed by atoms with Gasteiger partial charge in [0.1, 0.15) is 5.75 Å². The van der Waals surface area contributed by atoms with Crippen molar-refractivity contribution in [3.05, 3.63) is 57.3 Å². The molecule has 3 heteroatoms. The maximum Gasteiger partial charge on any atom is 0.163 e. The second-order valence-electron chi connectivity index (χ2n) is 5.27. The number of carbonyl (C=O) groups excluding carboxylic acids is 1. The molecule has 1 heterocycles. The molecule has 1 aromatic heterocycles. The smallest absolute Gasteiger partial charge is 0.163 e. The molecule has 3 rings (SSSR count). The standard InChI is InChI=1S/C18H18O2S/c1-20-16-8-7-13-10-14(18(19)12-15(13)11-16)4-2-5-17-6-3-9-21-17/h3,6-11H,2,4-5,12H2,1H3. The maximum atomic E-state index is 12.2. The molecule has 0 bridgehead atoms. The summed E-state index contributed by atoms with van der Waals surface area (Å²) < 4.78 is 5.22. The summed E-state index contributed by atoms with van der Waals surface area (Å²) in [7, 11) is 1.65. The minimum Gasteiger partial charge on any atom is -0.497 e. The fourth-order valence-electron chi connectivity index (χ4n) is 2.68. The molecule has 21 heavy (non-hydrogen) atoms. The van der Waals surface area contributed by atoms with Crippen LogP contribution in [0.4, 0.5) is 0 Å². The lowest BCUT2D eigenvalue weighted by Crippen LogP contribution is -2.12. The Hall–Kier alpha value is -1.87. The van der Waals surface area contributed by atoms with Gasteiger partial charge < -0.3 is 4.74 Å². The molecular formula is C18H18O2S. The Morgan fingerprint density at radius 3 is 2.90 bits per heavy atom. The molecule has 1 aromatic carbocycles. The second-order valence-corrected chi connectivity index (χ2v) is 6.30. The highest BCUT2D eigenvalue weighted by atomic mass is 32.1. The average Bonchev–Trinajstić information content (AvgIpc) is 3.00. The van der Waals surface area contributed by atoms with Crippen molar-refractivity contribution in [2.45, 2.75) is 25.7 Å². The summed E-state index contributed by atoms with van der Waals surface area (Å²) in [6.45, 7) is 0. The van der Waals surface area contributed by atoms with Crippen LogP contribution in [-0.4, -0.2) is 12.9 Å². The first-order valence-electron chi connectivity index (χ1n) is 7.19. The van der Waals surface area contributed by atoms with E-state index in [1.54, 1.807) is 18.4 Å². The zero-order valence-corrected chi connectivity index (χ0v) is 12.9. The van der Waals surface area contributed by atoms with Crippen LogP contribution in [0.2, 0.25) is 0 Å². The lowest BCUT2D eigenvalue weighted by molar-refractivity contribution is -0.115. The van der Waals surface area contributed by atoms with E-state index in [1.807, 2.05) is 18.2 Å². The van der Waals surface area contributed by atoms with Gasteiger partial charge in [0.15, 0.2) is 5.78 Å². The largest absolute Gasteiger partial charge is 0.497 e. The van der Waals surface area contributed by atoms with E-state index in [2.05, 4.69) is 23.6 Å². The number of carbonyl (C=O) groups is 1. The van der Waals surface area contributed by atoms with E-state index in [0.717, 1.165) is 41.7 Å². The van der Waals surface area contributed by atoms with Gasteiger partial charge in [-0.15, -0.1) is 11.3 Å². The monoisotopic (exact) mass is 298 g/mol. The van der Waals surface area contributed by atoms with E-state index >= 15 is 0 Å². The van der Waals surface area contributed by atoms with Crippen LogP contribution in [0, 0.1) is 0 Å². The average molecular weight is 298 g/mol. The molecule has 2 nitrogen and oxygen atoms in total. The van der Waals surface area contributed by atoms with Crippen LogP contribution in [-0.2, 0) is 17.6 Å². The second kappa shape index (κ2) is 6.27. The predicted molar refractivity (Wildman–Crippen MR) is 86.9 cm³/mol. The van der Waals surface area contributed by atoms with E-state index in [9.17, 15) is 4.79 Å². The van der Waals surface area contributed by atoms with Crippen molar-refractivity contribution < 1.29 is 9.53 Å². The quantitative estimate of drug-likeness (QED) is 0.823. The molecule has 0 saturated heterocycles. The number of thiophene rings is 1. The molecule has 0 fully saturated rings. The van der Waals surface area contributed by atoms with E-state index in [4.69, 9.17) is 4.74 Å². The zero-order valence-electron chi connectivity index (χ0n) is 12.1. The molecular weight excluding hydrogens is 280 g/mol. The van der Waals surface area contributed by atoms with Gasteiger partial charge in [-0.2, -0.15) is 0 Å². The molecule has 1 aliphatic carbocycles. The predicted octanol–water partition coefficient (Wildman–Crippen LogP) is 4.29. The van der Waals surface area contributed by atoms with Crippen molar-refractivity contribution in [3.8, 4) is 5.75 Å². The first-order valence-corrected chi connectivity index (χ1v) is 8.07. The summed E-state index contributed by atoms with van der Waals surface area (Å²) in [5, 5.41) is 2.10.